The number of carbonyl (C=O) groups excluding carboxylic acids is 2. The van der Waals surface area contributed by atoms with E-state index in [1.54, 1.807) is 6.07 Å². The summed E-state index contributed by atoms with van der Waals surface area (Å²) in [4.78, 5) is 26.4. The van der Waals surface area contributed by atoms with Crippen LogP contribution in [0.5, 0.6) is 0 Å². The van der Waals surface area contributed by atoms with Crippen molar-refractivity contribution in [2.75, 3.05) is 5.32 Å². The highest BCUT2D eigenvalue weighted by atomic mass is 35.5. The molecule has 15 heteroatoms. The lowest BCUT2D eigenvalue weighted by Gasteiger charge is -2.19. The molecule has 0 saturated heterocycles. The lowest BCUT2D eigenvalue weighted by Crippen LogP contribution is -2.21. The maximum absolute atomic E-state index is 14.2. The number of halogens is 8. The van der Waals surface area contributed by atoms with Gasteiger partial charge in [-0.2, -0.15) is 23.5 Å². The molecule has 210 valence electrons. The second-order valence-corrected chi connectivity index (χ2v) is 9.30. The van der Waals surface area contributed by atoms with Crippen LogP contribution in [0, 0.1) is 23.0 Å². The average molecular weight is 596 g/mol. The Balaban J connectivity index is 1.76. The summed E-state index contributed by atoms with van der Waals surface area (Å²) in [7, 11) is 0. The van der Waals surface area contributed by atoms with Gasteiger partial charge in [0.05, 0.1) is 28.1 Å². The van der Waals surface area contributed by atoms with E-state index in [-0.39, 0.29) is 44.4 Å². The molecule has 41 heavy (non-hydrogen) atoms. The first-order valence-electron chi connectivity index (χ1n) is 11.5. The number of alkyl halides is 5. The van der Waals surface area contributed by atoms with Gasteiger partial charge in [0, 0.05) is 27.4 Å². The molecule has 1 aliphatic rings. The zero-order valence-corrected chi connectivity index (χ0v) is 20.8. The van der Waals surface area contributed by atoms with Crippen molar-refractivity contribution in [3.63, 3.8) is 0 Å². The minimum atomic E-state index is -4.98. The van der Waals surface area contributed by atoms with Gasteiger partial charge >= 0.3 is 6.18 Å². The number of hydrogen-bond acceptors (Lipinski definition) is 4. The van der Waals surface area contributed by atoms with Gasteiger partial charge in [0.25, 0.3) is 18.2 Å². The van der Waals surface area contributed by atoms with E-state index in [1.165, 1.54) is 6.07 Å². The summed E-state index contributed by atoms with van der Waals surface area (Å²) in [6.07, 6.45) is -7.93. The summed E-state index contributed by atoms with van der Waals surface area (Å²) in [5.41, 5.74) is -3.44. The van der Waals surface area contributed by atoms with E-state index in [0.29, 0.717) is 12.1 Å². The van der Waals surface area contributed by atoms with Crippen LogP contribution in [0.15, 0.2) is 42.5 Å². The van der Waals surface area contributed by atoms with Crippen LogP contribution in [0.3, 0.4) is 0 Å². The monoisotopic (exact) mass is 595 g/mol. The average Bonchev–Trinajstić information content (AvgIpc) is 3.41. The van der Waals surface area contributed by atoms with Crippen molar-refractivity contribution in [2.24, 2.45) is 0 Å². The fraction of sp³-hybridized carbons (Fsp3) is 0.154. The zero-order chi connectivity index (χ0) is 29.8. The molecule has 0 unspecified atom stereocenters. The van der Waals surface area contributed by atoms with Crippen LogP contribution in [0.1, 0.15) is 49.1 Å². The molecule has 1 aliphatic heterocycles. The van der Waals surface area contributed by atoms with Gasteiger partial charge in [0.2, 0.25) is 0 Å². The standard InChI is InChI=1S/C26H13ClF7N5O2/c27-15-2-1-12(28)6-14(15)23-21-16(36-24(40)10-3-11(26(32,33)34)5-13(29)4-10)7-18-20(22(21)25(41)37-23)17(8-35)38-39(18)9-19(30)31/h1-7,19,23H,9H2,(H,36,40)(H,37,41)/t23-/m1/s1. The first-order chi connectivity index (χ1) is 19.3. The van der Waals surface area contributed by atoms with Crippen molar-refractivity contribution < 1.29 is 40.3 Å². The molecule has 1 aromatic heterocycles. The molecule has 2 N–H and O–H groups in total. The van der Waals surface area contributed by atoms with Crippen molar-refractivity contribution in [3.8, 4) is 6.07 Å². The largest absolute Gasteiger partial charge is 0.416 e. The minimum Gasteiger partial charge on any atom is -0.341 e. The lowest BCUT2D eigenvalue weighted by molar-refractivity contribution is -0.137. The molecular formula is C26H13ClF7N5O2. The summed E-state index contributed by atoms with van der Waals surface area (Å²) < 4.78 is 95.3. The molecule has 0 saturated carbocycles. The topological polar surface area (TPSA) is 99.8 Å². The van der Waals surface area contributed by atoms with Gasteiger partial charge in [0.1, 0.15) is 24.2 Å². The molecule has 2 amide bonds. The minimum absolute atomic E-state index is 0.0113. The number of benzene rings is 3. The predicted molar refractivity (Wildman–Crippen MR) is 131 cm³/mol. The van der Waals surface area contributed by atoms with Gasteiger partial charge in [-0.15, -0.1) is 0 Å². The number of aromatic nitrogens is 2. The van der Waals surface area contributed by atoms with Gasteiger partial charge in [0.15, 0.2) is 5.69 Å². The number of fused-ring (bicyclic) bond motifs is 3. The second kappa shape index (κ2) is 10.1. The molecule has 2 heterocycles. The van der Waals surface area contributed by atoms with Gasteiger partial charge < -0.3 is 10.6 Å². The highest BCUT2D eigenvalue weighted by Crippen LogP contribution is 2.44. The van der Waals surface area contributed by atoms with Crippen LogP contribution in [0.4, 0.5) is 36.4 Å². The number of amides is 2. The molecule has 0 bridgehead atoms. The van der Waals surface area contributed by atoms with E-state index in [9.17, 15) is 45.6 Å². The van der Waals surface area contributed by atoms with E-state index in [2.05, 4.69) is 15.7 Å². The molecular weight excluding hydrogens is 583 g/mol. The molecule has 0 spiro atoms. The maximum atomic E-state index is 14.2. The van der Waals surface area contributed by atoms with Crippen LogP contribution in [0.2, 0.25) is 5.02 Å². The Morgan fingerprint density at radius 2 is 1.88 bits per heavy atom. The van der Waals surface area contributed by atoms with Gasteiger partial charge in [-0.25, -0.2) is 17.6 Å². The summed E-state index contributed by atoms with van der Waals surface area (Å²) >= 11 is 6.25. The van der Waals surface area contributed by atoms with Crippen LogP contribution in [-0.2, 0) is 12.7 Å². The molecule has 3 aromatic carbocycles. The maximum Gasteiger partial charge on any atom is 0.416 e. The van der Waals surface area contributed by atoms with Crippen molar-refractivity contribution in [2.45, 2.75) is 25.2 Å². The Morgan fingerprint density at radius 3 is 2.54 bits per heavy atom. The Morgan fingerprint density at radius 1 is 1.15 bits per heavy atom. The molecule has 5 rings (SSSR count). The summed E-state index contributed by atoms with van der Waals surface area (Å²) in [6, 6.07) is 5.92. The second-order valence-electron chi connectivity index (χ2n) is 8.89. The fourth-order valence-electron chi connectivity index (χ4n) is 4.66. The third-order valence-corrected chi connectivity index (χ3v) is 6.64. The lowest BCUT2D eigenvalue weighted by atomic mass is 9.93. The third-order valence-electron chi connectivity index (χ3n) is 6.29. The highest BCUT2D eigenvalue weighted by molar-refractivity contribution is 6.31. The summed E-state index contributed by atoms with van der Waals surface area (Å²) in [6.45, 7) is -1.01. The van der Waals surface area contributed by atoms with Crippen molar-refractivity contribution in [1.82, 2.24) is 15.1 Å². The van der Waals surface area contributed by atoms with Crippen molar-refractivity contribution >= 4 is 40.0 Å². The molecule has 0 aliphatic carbocycles. The molecule has 7 nitrogen and oxygen atoms in total. The van der Waals surface area contributed by atoms with Gasteiger partial charge in [-0.1, -0.05) is 11.6 Å². The van der Waals surface area contributed by atoms with Crippen molar-refractivity contribution in [3.05, 3.63) is 92.6 Å². The first-order valence-corrected chi connectivity index (χ1v) is 11.9. The van der Waals surface area contributed by atoms with Crippen LogP contribution in [0.25, 0.3) is 10.9 Å². The van der Waals surface area contributed by atoms with Crippen LogP contribution < -0.4 is 10.6 Å². The fourth-order valence-corrected chi connectivity index (χ4v) is 4.89. The molecule has 4 aromatic rings. The summed E-state index contributed by atoms with van der Waals surface area (Å²) in [5.74, 6) is -4.22. The number of carbonyl (C=O) groups is 2. The highest BCUT2D eigenvalue weighted by Gasteiger charge is 2.38. The number of hydrogen-bond donors (Lipinski definition) is 2. The Kier molecular flexibility index (Phi) is 6.86. The SMILES string of the molecule is N#Cc1nn(CC(F)F)c2cc(NC(=O)c3cc(F)cc(C(F)(F)F)c3)c3c(c12)C(=O)N[C@@H]3c1cc(F)ccc1Cl. The number of rotatable bonds is 5. The number of nitrogens with zero attached hydrogens (tertiary/aromatic N) is 3. The smallest absolute Gasteiger partial charge is 0.341 e. The van der Waals surface area contributed by atoms with Gasteiger partial charge in [-0.05, 0) is 42.5 Å². The van der Waals surface area contributed by atoms with E-state index in [1.807, 2.05) is 0 Å². The molecule has 0 fully saturated rings. The third kappa shape index (κ3) is 5.04. The van der Waals surface area contributed by atoms with E-state index in [4.69, 9.17) is 11.6 Å². The number of nitriles is 1. The zero-order valence-electron chi connectivity index (χ0n) is 20.1. The number of nitrogens with one attached hydrogen (secondary N) is 2. The Hall–Kier alpha value is -4.64. The van der Waals surface area contributed by atoms with Gasteiger partial charge in [-0.3, -0.25) is 14.3 Å². The normalized spacial score (nSPS) is 14.7. The van der Waals surface area contributed by atoms with Crippen molar-refractivity contribution in [1.29, 1.82) is 5.26 Å². The van der Waals surface area contributed by atoms with E-state index < -0.39 is 65.5 Å². The molecule has 1 atom stereocenters. The summed E-state index contributed by atoms with van der Waals surface area (Å²) in [5, 5.41) is 18.2. The van der Waals surface area contributed by atoms with E-state index in [0.717, 1.165) is 22.9 Å². The number of anilines is 1. The molecule has 0 radical (unpaired) electrons. The first kappa shape index (κ1) is 27.9. The van der Waals surface area contributed by atoms with Crippen LogP contribution >= 0.6 is 11.6 Å². The van der Waals surface area contributed by atoms with Crippen LogP contribution in [-0.4, -0.2) is 28.0 Å². The predicted octanol–water partition coefficient (Wildman–Crippen LogP) is 6.21. The van der Waals surface area contributed by atoms with E-state index >= 15 is 0 Å². The Labute approximate surface area is 230 Å². The quantitative estimate of drug-likeness (QED) is 0.268. The Bertz CT molecular complexity index is 1800.